The lowest BCUT2D eigenvalue weighted by Gasteiger charge is -1.99. The number of rotatable bonds is 5. The lowest BCUT2D eigenvalue weighted by molar-refractivity contribution is -0.108. The smallest absolute Gasteiger partial charge is 0.149 e. The Bertz CT molecular complexity index is 357. The maximum absolute atomic E-state index is 10.2. The second-order valence-electron chi connectivity index (χ2n) is 3.20. The van der Waals surface area contributed by atoms with E-state index in [1.807, 2.05) is 13.8 Å². The van der Waals surface area contributed by atoms with E-state index in [-0.39, 0.29) is 6.04 Å². The Kier molecular flexibility index (Phi) is 3.96. The standard InChI is InChI=1S/C9H15N5O/c1-3-14-9(10)8(6-11-14)13-12-7(2)4-5-15/h5-7H,3-4,10H2,1-2H3. The Labute approximate surface area is 88.2 Å². The molecular weight excluding hydrogens is 194 g/mol. The van der Waals surface area contributed by atoms with Gasteiger partial charge in [-0.3, -0.25) is 0 Å². The lowest BCUT2D eigenvalue weighted by Crippen LogP contribution is -2.01. The largest absolute Gasteiger partial charge is 0.382 e. The number of nitrogens with zero attached hydrogens (tertiary/aromatic N) is 4. The van der Waals surface area contributed by atoms with Crippen molar-refractivity contribution in [1.29, 1.82) is 0 Å². The summed E-state index contributed by atoms with van der Waals surface area (Å²) in [5, 5.41) is 11.9. The van der Waals surface area contributed by atoms with Gasteiger partial charge in [-0.25, -0.2) is 4.68 Å². The van der Waals surface area contributed by atoms with Gasteiger partial charge in [0.25, 0.3) is 0 Å². The molecule has 0 aliphatic carbocycles. The van der Waals surface area contributed by atoms with Gasteiger partial charge in [0.15, 0.2) is 0 Å². The summed E-state index contributed by atoms with van der Waals surface area (Å²) in [4.78, 5) is 10.2. The average molecular weight is 209 g/mol. The number of anilines is 1. The predicted octanol–water partition coefficient (Wildman–Crippen LogP) is 1.55. The molecule has 6 nitrogen and oxygen atoms in total. The van der Waals surface area contributed by atoms with E-state index in [1.54, 1.807) is 10.9 Å². The molecule has 1 rings (SSSR count). The zero-order valence-electron chi connectivity index (χ0n) is 8.92. The highest BCUT2D eigenvalue weighted by Gasteiger charge is 2.05. The van der Waals surface area contributed by atoms with E-state index in [0.717, 1.165) is 6.29 Å². The van der Waals surface area contributed by atoms with Crippen LogP contribution in [0.5, 0.6) is 0 Å². The van der Waals surface area contributed by atoms with Crippen molar-refractivity contribution in [3.8, 4) is 0 Å². The van der Waals surface area contributed by atoms with Crippen molar-refractivity contribution in [3.05, 3.63) is 6.20 Å². The molecule has 0 aromatic carbocycles. The lowest BCUT2D eigenvalue weighted by atomic mass is 10.3. The highest BCUT2D eigenvalue weighted by molar-refractivity contribution is 5.56. The van der Waals surface area contributed by atoms with Crippen molar-refractivity contribution in [2.24, 2.45) is 10.2 Å². The number of azo groups is 1. The Balaban J connectivity index is 2.71. The first-order chi connectivity index (χ1) is 7.19. The van der Waals surface area contributed by atoms with Crippen LogP contribution in [0.25, 0.3) is 0 Å². The molecule has 0 aliphatic heterocycles. The Morgan fingerprint density at radius 3 is 3.00 bits per heavy atom. The SMILES string of the molecule is CCn1ncc(N=NC(C)CC=O)c1N. The minimum atomic E-state index is -0.119. The fourth-order valence-electron chi connectivity index (χ4n) is 1.06. The van der Waals surface area contributed by atoms with Gasteiger partial charge < -0.3 is 10.5 Å². The van der Waals surface area contributed by atoms with Gasteiger partial charge in [-0.05, 0) is 13.8 Å². The Hall–Kier alpha value is -1.72. The van der Waals surface area contributed by atoms with Crippen molar-refractivity contribution < 1.29 is 4.79 Å². The second-order valence-corrected chi connectivity index (χ2v) is 3.20. The zero-order chi connectivity index (χ0) is 11.3. The molecule has 0 spiro atoms. The van der Waals surface area contributed by atoms with Gasteiger partial charge in [0.05, 0.1) is 12.2 Å². The summed E-state index contributed by atoms with van der Waals surface area (Å²) in [5.74, 6) is 0.500. The molecular formula is C9H15N5O. The molecule has 1 heterocycles. The summed E-state index contributed by atoms with van der Waals surface area (Å²) in [6.45, 7) is 4.46. The van der Waals surface area contributed by atoms with Crippen LogP contribution in [0.15, 0.2) is 16.4 Å². The molecule has 2 N–H and O–H groups in total. The van der Waals surface area contributed by atoms with Crippen LogP contribution in [-0.2, 0) is 11.3 Å². The zero-order valence-corrected chi connectivity index (χ0v) is 8.92. The first-order valence-electron chi connectivity index (χ1n) is 4.84. The minimum Gasteiger partial charge on any atom is -0.382 e. The fourth-order valence-corrected chi connectivity index (χ4v) is 1.06. The van der Waals surface area contributed by atoms with E-state index in [0.29, 0.717) is 24.5 Å². The van der Waals surface area contributed by atoms with E-state index >= 15 is 0 Å². The van der Waals surface area contributed by atoms with Crippen LogP contribution in [-0.4, -0.2) is 22.1 Å². The van der Waals surface area contributed by atoms with Crippen LogP contribution in [0.4, 0.5) is 11.5 Å². The first-order valence-corrected chi connectivity index (χ1v) is 4.84. The molecule has 6 heteroatoms. The van der Waals surface area contributed by atoms with Crippen molar-refractivity contribution >= 4 is 17.8 Å². The second kappa shape index (κ2) is 5.23. The predicted molar refractivity (Wildman–Crippen MR) is 57.0 cm³/mol. The van der Waals surface area contributed by atoms with Gasteiger partial charge in [-0.15, -0.1) is 0 Å². The number of aryl methyl sites for hydroxylation is 1. The number of aldehydes is 1. The maximum atomic E-state index is 10.2. The molecule has 1 aromatic heterocycles. The number of aromatic nitrogens is 2. The highest BCUT2D eigenvalue weighted by atomic mass is 16.1. The molecule has 0 radical (unpaired) electrons. The summed E-state index contributed by atoms with van der Waals surface area (Å²) >= 11 is 0. The number of hydrogen-bond donors (Lipinski definition) is 1. The van der Waals surface area contributed by atoms with Crippen LogP contribution >= 0.6 is 0 Å². The number of nitrogen functional groups attached to an aromatic ring is 1. The molecule has 0 aliphatic rings. The van der Waals surface area contributed by atoms with Gasteiger partial charge in [-0.1, -0.05) is 0 Å². The molecule has 15 heavy (non-hydrogen) atoms. The van der Waals surface area contributed by atoms with Crippen LogP contribution in [0.3, 0.4) is 0 Å². The van der Waals surface area contributed by atoms with E-state index in [9.17, 15) is 4.79 Å². The number of carbonyl (C=O) groups excluding carboxylic acids is 1. The van der Waals surface area contributed by atoms with E-state index in [1.165, 1.54) is 0 Å². The normalized spacial score (nSPS) is 13.2. The van der Waals surface area contributed by atoms with Crippen LogP contribution in [0, 0.1) is 0 Å². The van der Waals surface area contributed by atoms with Crippen molar-refractivity contribution in [2.45, 2.75) is 32.9 Å². The van der Waals surface area contributed by atoms with E-state index in [2.05, 4.69) is 15.3 Å². The summed E-state index contributed by atoms with van der Waals surface area (Å²) in [5.41, 5.74) is 6.30. The van der Waals surface area contributed by atoms with Gasteiger partial charge >= 0.3 is 0 Å². The third kappa shape index (κ3) is 2.87. The first kappa shape index (κ1) is 11.4. The van der Waals surface area contributed by atoms with Crippen LogP contribution < -0.4 is 5.73 Å². The third-order valence-electron chi connectivity index (χ3n) is 1.96. The minimum absolute atomic E-state index is 0.119. The fraction of sp³-hybridized carbons (Fsp3) is 0.556. The third-order valence-corrected chi connectivity index (χ3v) is 1.96. The van der Waals surface area contributed by atoms with Gasteiger partial charge in [0, 0.05) is 13.0 Å². The summed E-state index contributed by atoms with van der Waals surface area (Å²) in [6, 6.07) is -0.119. The van der Waals surface area contributed by atoms with Crippen LogP contribution in [0.1, 0.15) is 20.3 Å². The molecule has 0 bridgehead atoms. The van der Waals surface area contributed by atoms with E-state index < -0.39 is 0 Å². The average Bonchev–Trinajstić information content (AvgIpc) is 2.57. The van der Waals surface area contributed by atoms with Crippen molar-refractivity contribution in [2.75, 3.05) is 5.73 Å². The van der Waals surface area contributed by atoms with Crippen molar-refractivity contribution in [3.63, 3.8) is 0 Å². The monoisotopic (exact) mass is 209 g/mol. The molecule has 0 fully saturated rings. The van der Waals surface area contributed by atoms with Gasteiger partial charge in [0.2, 0.25) is 0 Å². The van der Waals surface area contributed by atoms with Gasteiger partial charge in [-0.2, -0.15) is 15.3 Å². The quantitative estimate of drug-likeness (QED) is 0.589. The van der Waals surface area contributed by atoms with Gasteiger partial charge in [0.1, 0.15) is 17.8 Å². The summed E-state index contributed by atoms with van der Waals surface area (Å²) in [6.07, 6.45) is 2.75. The number of nitrogens with two attached hydrogens (primary N) is 1. The topological polar surface area (TPSA) is 85.6 Å². The molecule has 1 unspecified atom stereocenters. The number of hydrogen-bond acceptors (Lipinski definition) is 5. The molecule has 1 atom stereocenters. The molecule has 0 saturated carbocycles. The van der Waals surface area contributed by atoms with E-state index in [4.69, 9.17) is 5.73 Å². The maximum Gasteiger partial charge on any atom is 0.149 e. The number of carbonyl (C=O) groups is 1. The van der Waals surface area contributed by atoms with Crippen molar-refractivity contribution in [1.82, 2.24) is 9.78 Å². The molecule has 0 saturated heterocycles. The summed E-state index contributed by atoms with van der Waals surface area (Å²) in [7, 11) is 0. The Morgan fingerprint density at radius 1 is 1.73 bits per heavy atom. The molecule has 82 valence electrons. The Morgan fingerprint density at radius 2 is 2.47 bits per heavy atom. The summed E-state index contributed by atoms with van der Waals surface area (Å²) < 4.78 is 1.64. The molecule has 0 amide bonds. The highest BCUT2D eigenvalue weighted by Crippen LogP contribution is 2.21. The molecule has 1 aromatic rings. The van der Waals surface area contributed by atoms with Crippen LogP contribution in [0.2, 0.25) is 0 Å².